The molecule has 0 aromatic carbocycles. The fraction of sp³-hybridized carbons (Fsp3) is 0.900. The van der Waals surface area contributed by atoms with E-state index in [-0.39, 0.29) is 12.5 Å². The number of hydrogen-bond donors (Lipinski definition) is 3. The van der Waals surface area contributed by atoms with Crippen LogP contribution in [-0.4, -0.2) is 30.7 Å². The van der Waals surface area contributed by atoms with Crippen molar-refractivity contribution in [2.75, 3.05) is 19.7 Å². The predicted molar refractivity (Wildman–Crippen MR) is 56.9 cm³/mol. The summed E-state index contributed by atoms with van der Waals surface area (Å²) in [4.78, 5) is 11.0. The Morgan fingerprint density at radius 2 is 1.86 bits per heavy atom. The highest BCUT2D eigenvalue weighted by Gasteiger charge is 1.98. The molecule has 0 spiro atoms. The average Bonchev–Trinajstić information content (AvgIpc) is 2.20. The van der Waals surface area contributed by atoms with E-state index in [1.165, 1.54) is 0 Å². The maximum atomic E-state index is 11.0. The normalized spacial score (nSPS) is 10.1. The Morgan fingerprint density at radius 3 is 2.50 bits per heavy atom. The molecule has 0 heterocycles. The van der Waals surface area contributed by atoms with Crippen LogP contribution in [0.3, 0.4) is 0 Å². The molecule has 0 saturated heterocycles. The van der Waals surface area contributed by atoms with E-state index >= 15 is 0 Å². The Morgan fingerprint density at radius 1 is 1.14 bits per heavy atom. The number of aliphatic hydroxyl groups excluding tert-OH is 1. The number of aliphatic hydroxyl groups is 1. The molecule has 0 aliphatic carbocycles. The molecule has 4 heteroatoms. The average molecular weight is 202 g/mol. The van der Waals surface area contributed by atoms with Crippen molar-refractivity contribution in [1.29, 1.82) is 0 Å². The van der Waals surface area contributed by atoms with Crippen LogP contribution in [0.2, 0.25) is 0 Å². The zero-order chi connectivity index (χ0) is 10.6. The van der Waals surface area contributed by atoms with Gasteiger partial charge in [0.2, 0.25) is 5.91 Å². The van der Waals surface area contributed by atoms with Crippen LogP contribution >= 0.6 is 0 Å². The van der Waals surface area contributed by atoms with Crippen molar-refractivity contribution in [3.63, 3.8) is 0 Å². The van der Waals surface area contributed by atoms with Gasteiger partial charge >= 0.3 is 0 Å². The van der Waals surface area contributed by atoms with Crippen molar-refractivity contribution in [2.24, 2.45) is 5.73 Å². The minimum atomic E-state index is 0.0397. The Kier molecular flexibility index (Phi) is 10.0. The lowest BCUT2D eigenvalue weighted by Gasteiger charge is -2.03. The van der Waals surface area contributed by atoms with Crippen molar-refractivity contribution in [1.82, 2.24) is 5.32 Å². The third kappa shape index (κ3) is 9.48. The van der Waals surface area contributed by atoms with Gasteiger partial charge < -0.3 is 16.2 Å². The molecule has 0 bridgehead atoms. The summed E-state index contributed by atoms with van der Waals surface area (Å²) in [5.74, 6) is 0.0397. The van der Waals surface area contributed by atoms with Gasteiger partial charge in [-0.15, -0.1) is 0 Å². The van der Waals surface area contributed by atoms with Gasteiger partial charge in [0, 0.05) is 19.6 Å². The maximum absolute atomic E-state index is 11.0. The lowest BCUT2D eigenvalue weighted by Crippen LogP contribution is -2.24. The van der Waals surface area contributed by atoms with Crippen LogP contribution in [0.15, 0.2) is 0 Å². The fourth-order valence-corrected chi connectivity index (χ4v) is 1.18. The molecule has 0 atom stereocenters. The second-order valence-corrected chi connectivity index (χ2v) is 3.38. The van der Waals surface area contributed by atoms with Crippen LogP contribution in [-0.2, 0) is 4.79 Å². The van der Waals surface area contributed by atoms with Gasteiger partial charge in [0.05, 0.1) is 0 Å². The molecule has 4 nitrogen and oxygen atoms in total. The maximum Gasteiger partial charge on any atom is 0.220 e. The van der Waals surface area contributed by atoms with E-state index in [1.807, 2.05) is 0 Å². The van der Waals surface area contributed by atoms with Crippen LogP contribution in [0, 0.1) is 0 Å². The number of carbonyl (C=O) groups excluding carboxylic acids is 1. The van der Waals surface area contributed by atoms with Crippen LogP contribution in [0.25, 0.3) is 0 Å². The molecule has 0 aliphatic heterocycles. The molecule has 0 unspecified atom stereocenters. The highest BCUT2D eigenvalue weighted by Crippen LogP contribution is 1.97. The van der Waals surface area contributed by atoms with E-state index in [0.717, 1.165) is 38.8 Å². The van der Waals surface area contributed by atoms with Crippen LogP contribution < -0.4 is 11.1 Å². The zero-order valence-corrected chi connectivity index (χ0v) is 8.80. The van der Waals surface area contributed by atoms with E-state index in [1.54, 1.807) is 0 Å². The second kappa shape index (κ2) is 10.5. The predicted octanol–water partition coefficient (Wildman–Crippen LogP) is 0.394. The monoisotopic (exact) mass is 202 g/mol. The molecule has 0 aliphatic rings. The Balaban J connectivity index is 3.07. The van der Waals surface area contributed by atoms with E-state index in [4.69, 9.17) is 10.8 Å². The minimum absolute atomic E-state index is 0.0397. The highest BCUT2D eigenvalue weighted by atomic mass is 16.3. The number of rotatable bonds is 9. The van der Waals surface area contributed by atoms with Gasteiger partial charge in [-0.3, -0.25) is 4.79 Å². The van der Waals surface area contributed by atoms with Crippen molar-refractivity contribution in [3.8, 4) is 0 Å². The third-order valence-electron chi connectivity index (χ3n) is 2.02. The molecular formula is C10H22N2O2. The molecule has 14 heavy (non-hydrogen) atoms. The summed E-state index contributed by atoms with van der Waals surface area (Å²) in [6, 6.07) is 0. The summed E-state index contributed by atoms with van der Waals surface area (Å²) in [6.07, 6.45) is 5.34. The van der Waals surface area contributed by atoms with Gasteiger partial charge in [-0.2, -0.15) is 0 Å². The van der Waals surface area contributed by atoms with Crippen molar-refractivity contribution < 1.29 is 9.90 Å². The second-order valence-electron chi connectivity index (χ2n) is 3.38. The van der Waals surface area contributed by atoms with Gasteiger partial charge in [-0.25, -0.2) is 0 Å². The molecule has 0 aromatic rings. The van der Waals surface area contributed by atoms with Crippen molar-refractivity contribution in [3.05, 3.63) is 0 Å². The molecular weight excluding hydrogens is 180 g/mol. The molecule has 4 N–H and O–H groups in total. The molecule has 0 rings (SSSR count). The molecule has 1 amide bonds. The topological polar surface area (TPSA) is 75.3 Å². The first-order valence-corrected chi connectivity index (χ1v) is 5.39. The van der Waals surface area contributed by atoms with Gasteiger partial charge in [0.15, 0.2) is 0 Å². The number of carbonyl (C=O) groups is 1. The number of amides is 1. The first-order chi connectivity index (χ1) is 6.81. The minimum Gasteiger partial charge on any atom is -0.396 e. The van der Waals surface area contributed by atoms with Gasteiger partial charge in [-0.05, 0) is 25.8 Å². The van der Waals surface area contributed by atoms with Crippen LogP contribution in [0.4, 0.5) is 0 Å². The molecule has 0 fully saturated rings. The summed E-state index contributed by atoms with van der Waals surface area (Å²) in [6.45, 7) is 1.58. The molecule has 0 radical (unpaired) electrons. The SMILES string of the molecule is NCCCCCCNC(=O)CCCO. The largest absolute Gasteiger partial charge is 0.396 e. The quantitative estimate of drug-likeness (QED) is 0.474. The van der Waals surface area contributed by atoms with Crippen molar-refractivity contribution >= 4 is 5.91 Å². The van der Waals surface area contributed by atoms with Crippen LogP contribution in [0.5, 0.6) is 0 Å². The summed E-state index contributed by atoms with van der Waals surface area (Å²) in [5.41, 5.74) is 5.35. The van der Waals surface area contributed by atoms with E-state index in [0.29, 0.717) is 12.8 Å². The first kappa shape index (κ1) is 13.4. The first-order valence-electron chi connectivity index (χ1n) is 5.39. The fourth-order valence-electron chi connectivity index (χ4n) is 1.18. The molecule has 84 valence electrons. The lowest BCUT2D eigenvalue weighted by atomic mass is 10.2. The van der Waals surface area contributed by atoms with Crippen LogP contribution in [0.1, 0.15) is 38.5 Å². The Bertz CT molecular complexity index is 140. The standard InChI is InChI=1S/C10H22N2O2/c11-7-3-1-2-4-8-12-10(14)6-5-9-13/h13H,1-9,11H2,(H,12,14). The number of hydrogen-bond acceptors (Lipinski definition) is 3. The summed E-state index contributed by atoms with van der Waals surface area (Å²) in [5, 5.41) is 11.3. The summed E-state index contributed by atoms with van der Waals surface area (Å²) >= 11 is 0. The number of nitrogens with two attached hydrogens (primary N) is 1. The third-order valence-corrected chi connectivity index (χ3v) is 2.02. The Hall–Kier alpha value is -0.610. The molecule has 0 aromatic heterocycles. The summed E-state index contributed by atoms with van der Waals surface area (Å²) < 4.78 is 0. The Labute approximate surface area is 85.9 Å². The van der Waals surface area contributed by atoms with Gasteiger partial charge in [0.25, 0.3) is 0 Å². The van der Waals surface area contributed by atoms with E-state index in [2.05, 4.69) is 5.32 Å². The lowest BCUT2D eigenvalue weighted by molar-refractivity contribution is -0.121. The van der Waals surface area contributed by atoms with Gasteiger partial charge in [0.1, 0.15) is 0 Å². The highest BCUT2D eigenvalue weighted by molar-refractivity contribution is 5.75. The van der Waals surface area contributed by atoms with Gasteiger partial charge in [-0.1, -0.05) is 12.8 Å². The number of unbranched alkanes of at least 4 members (excludes halogenated alkanes) is 3. The van der Waals surface area contributed by atoms with Crippen molar-refractivity contribution in [2.45, 2.75) is 38.5 Å². The molecule has 0 saturated carbocycles. The van der Waals surface area contributed by atoms with E-state index in [9.17, 15) is 4.79 Å². The summed E-state index contributed by atoms with van der Waals surface area (Å²) in [7, 11) is 0. The zero-order valence-electron chi connectivity index (χ0n) is 8.80. The smallest absolute Gasteiger partial charge is 0.220 e. The van der Waals surface area contributed by atoms with E-state index < -0.39 is 0 Å². The number of nitrogens with one attached hydrogen (secondary N) is 1.